The van der Waals surface area contributed by atoms with Crippen LogP contribution in [0.5, 0.6) is 0 Å². The molecule has 0 bridgehead atoms. The van der Waals surface area contributed by atoms with Crippen LogP contribution in [-0.2, 0) is 10.0 Å². The highest BCUT2D eigenvalue weighted by Gasteiger charge is 2.33. The summed E-state index contributed by atoms with van der Waals surface area (Å²) < 4.78 is 28.4. The molecule has 156 valence electrons. The van der Waals surface area contributed by atoms with Crippen molar-refractivity contribution < 1.29 is 13.2 Å². The molecule has 0 aliphatic carbocycles. The Labute approximate surface area is 173 Å². The van der Waals surface area contributed by atoms with Crippen LogP contribution in [0.15, 0.2) is 23.1 Å². The predicted octanol–water partition coefficient (Wildman–Crippen LogP) is 3.08. The van der Waals surface area contributed by atoms with Crippen LogP contribution in [0, 0.1) is 41.5 Å². The first-order valence-corrected chi connectivity index (χ1v) is 11.3. The van der Waals surface area contributed by atoms with Crippen LogP contribution in [0.2, 0.25) is 0 Å². The van der Waals surface area contributed by atoms with Crippen molar-refractivity contribution in [3.05, 3.63) is 57.4 Å². The number of carbonyl (C=O) groups is 1. The quantitative estimate of drug-likeness (QED) is 0.772. The zero-order valence-corrected chi connectivity index (χ0v) is 18.9. The summed E-state index contributed by atoms with van der Waals surface area (Å²) in [6.07, 6.45) is 0. The molecule has 0 radical (unpaired) electrons. The molecule has 2 heterocycles. The van der Waals surface area contributed by atoms with E-state index in [-0.39, 0.29) is 19.0 Å². The van der Waals surface area contributed by atoms with Gasteiger partial charge in [-0.1, -0.05) is 6.07 Å². The van der Waals surface area contributed by atoms with E-state index in [2.05, 4.69) is 4.98 Å². The second kappa shape index (κ2) is 7.88. The Kier molecular flexibility index (Phi) is 5.83. The molecule has 3 rings (SSSR count). The number of piperazine rings is 1. The summed E-state index contributed by atoms with van der Waals surface area (Å²) in [6, 6.07) is 5.35. The fourth-order valence-electron chi connectivity index (χ4n) is 3.94. The molecule has 6 nitrogen and oxygen atoms in total. The summed E-state index contributed by atoms with van der Waals surface area (Å²) in [4.78, 5) is 19.1. The molecule has 0 unspecified atom stereocenters. The average molecular weight is 416 g/mol. The van der Waals surface area contributed by atoms with Gasteiger partial charge in [-0.2, -0.15) is 4.31 Å². The summed E-state index contributed by atoms with van der Waals surface area (Å²) in [5.74, 6) is -0.153. The van der Waals surface area contributed by atoms with Crippen LogP contribution in [-0.4, -0.2) is 54.7 Å². The number of hydrogen-bond acceptors (Lipinski definition) is 4. The fourth-order valence-corrected chi connectivity index (χ4v) is 5.92. The van der Waals surface area contributed by atoms with E-state index in [0.29, 0.717) is 23.7 Å². The van der Waals surface area contributed by atoms with E-state index < -0.39 is 10.0 Å². The summed E-state index contributed by atoms with van der Waals surface area (Å²) in [5.41, 5.74) is 5.99. The molecule has 0 atom stereocenters. The second-order valence-electron chi connectivity index (χ2n) is 7.81. The van der Waals surface area contributed by atoms with Gasteiger partial charge in [0.15, 0.2) is 0 Å². The summed E-state index contributed by atoms with van der Waals surface area (Å²) in [7, 11) is -3.63. The van der Waals surface area contributed by atoms with Crippen LogP contribution in [0.1, 0.15) is 44.0 Å². The molecule has 0 N–H and O–H groups in total. The highest BCUT2D eigenvalue weighted by molar-refractivity contribution is 7.89. The van der Waals surface area contributed by atoms with E-state index in [1.54, 1.807) is 11.0 Å². The molecule has 1 aromatic carbocycles. The largest absolute Gasteiger partial charge is 0.335 e. The van der Waals surface area contributed by atoms with Gasteiger partial charge < -0.3 is 4.90 Å². The molecular weight excluding hydrogens is 386 g/mol. The smallest absolute Gasteiger partial charge is 0.272 e. The molecule has 29 heavy (non-hydrogen) atoms. The van der Waals surface area contributed by atoms with E-state index in [0.717, 1.165) is 33.5 Å². The maximum absolute atomic E-state index is 13.4. The third-order valence-corrected chi connectivity index (χ3v) is 8.34. The number of hydrogen-bond donors (Lipinski definition) is 0. The Hall–Kier alpha value is -2.25. The highest BCUT2D eigenvalue weighted by atomic mass is 32.2. The molecule has 1 aliphatic rings. The minimum atomic E-state index is -3.63. The van der Waals surface area contributed by atoms with E-state index in [9.17, 15) is 13.2 Å². The van der Waals surface area contributed by atoms with Crippen molar-refractivity contribution in [3.63, 3.8) is 0 Å². The van der Waals surface area contributed by atoms with E-state index in [1.807, 2.05) is 53.7 Å². The lowest BCUT2D eigenvalue weighted by Gasteiger charge is -2.34. The van der Waals surface area contributed by atoms with Crippen molar-refractivity contribution in [3.8, 4) is 0 Å². The first-order chi connectivity index (χ1) is 13.6. The monoisotopic (exact) mass is 415 g/mol. The number of amides is 1. The van der Waals surface area contributed by atoms with Gasteiger partial charge in [0.1, 0.15) is 5.69 Å². The predicted molar refractivity (Wildman–Crippen MR) is 114 cm³/mol. The van der Waals surface area contributed by atoms with E-state index in [4.69, 9.17) is 0 Å². The van der Waals surface area contributed by atoms with Gasteiger partial charge in [0, 0.05) is 31.9 Å². The Morgan fingerprint density at radius 3 is 1.86 bits per heavy atom. The number of aryl methyl sites for hydroxylation is 1. The Morgan fingerprint density at radius 1 is 0.828 bits per heavy atom. The SMILES string of the molecule is Cc1cccc(C(=O)N2CCN(S(=O)(=O)c3c(C)c(C)c(C)c(C)c3C)CC2)n1. The first-order valence-electron chi connectivity index (χ1n) is 9.85. The minimum absolute atomic E-state index is 0.153. The third-order valence-electron chi connectivity index (χ3n) is 6.16. The van der Waals surface area contributed by atoms with E-state index in [1.165, 1.54) is 4.31 Å². The maximum Gasteiger partial charge on any atom is 0.272 e. The highest BCUT2D eigenvalue weighted by Crippen LogP contribution is 2.32. The zero-order chi connectivity index (χ0) is 21.5. The normalized spacial score (nSPS) is 15.6. The molecule has 2 aromatic rings. The van der Waals surface area contributed by atoms with Crippen LogP contribution in [0.4, 0.5) is 0 Å². The number of rotatable bonds is 3. The van der Waals surface area contributed by atoms with Crippen molar-refractivity contribution in [1.29, 1.82) is 0 Å². The molecular formula is C22H29N3O3S. The summed E-state index contributed by atoms with van der Waals surface area (Å²) in [5, 5.41) is 0. The maximum atomic E-state index is 13.4. The summed E-state index contributed by atoms with van der Waals surface area (Å²) >= 11 is 0. The van der Waals surface area contributed by atoms with Crippen LogP contribution >= 0.6 is 0 Å². The van der Waals surface area contributed by atoms with Gasteiger partial charge in [0.25, 0.3) is 5.91 Å². The Bertz CT molecular complexity index is 1040. The van der Waals surface area contributed by atoms with Gasteiger partial charge in [-0.15, -0.1) is 0 Å². The number of aromatic nitrogens is 1. The second-order valence-corrected chi connectivity index (χ2v) is 9.69. The first kappa shape index (κ1) is 21.5. The zero-order valence-electron chi connectivity index (χ0n) is 18.0. The van der Waals surface area contributed by atoms with Crippen molar-refractivity contribution in [2.75, 3.05) is 26.2 Å². The molecule has 1 aliphatic heterocycles. The molecule has 1 aromatic heterocycles. The van der Waals surface area contributed by atoms with Gasteiger partial charge in [-0.05, 0) is 81.5 Å². The lowest BCUT2D eigenvalue weighted by molar-refractivity contribution is 0.0691. The van der Waals surface area contributed by atoms with Crippen LogP contribution in [0.3, 0.4) is 0 Å². The lowest BCUT2D eigenvalue weighted by Crippen LogP contribution is -2.50. The summed E-state index contributed by atoms with van der Waals surface area (Å²) in [6.45, 7) is 12.9. The number of sulfonamides is 1. The number of carbonyl (C=O) groups excluding carboxylic acids is 1. The van der Waals surface area contributed by atoms with Gasteiger partial charge in [0.05, 0.1) is 4.90 Å². The molecule has 7 heteroatoms. The number of benzene rings is 1. The topological polar surface area (TPSA) is 70.6 Å². The van der Waals surface area contributed by atoms with Crippen LogP contribution in [0.25, 0.3) is 0 Å². The number of pyridine rings is 1. The average Bonchev–Trinajstić information content (AvgIpc) is 2.70. The Morgan fingerprint density at radius 2 is 1.34 bits per heavy atom. The molecule has 0 spiro atoms. The molecule has 1 amide bonds. The van der Waals surface area contributed by atoms with Gasteiger partial charge in [-0.3, -0.25) is 4.79 Å². The third kappa shape index (κ3) is 3.81. The van der Waals surface area contributed by atoms with Crippen molar-refractivity contribution in [2.45, 2.75) is 46.4 Å². The van der Waals surface area contributed by atoms with E-state index >= 15 is 0 Å². The molecule has 1 fully saturated rings. The van der Waals surface area contributed by atoms with Crippen molar-refractivity contribution in [2.24, 2.45) is 0 Å². The van der Waals surface area contributed by atoms with Crippen molar-refractivity contribution >= 4 is 15.9 Å². The molecule has 1 saturated heterocycles. The Balaban J connectivity index is 1.83. The van der Waals surface area contributed by atoms with Crippen LogP contribution < -0.4 is 0 Å². The molecule has 0 saturated carbocycles. The number of nitrogens with zero attached hydrogens (tertiary/aromatic N) is 3. The standard InChI is InChI=1S/C22H29N3O3S/c1-14-8-7-9-20(23-14)22(26)24-10-12-25(13-11-24)29(27,28)21-18(5)16(3)15(2)17(4)19(21)6/h7-9H,10-13H2,1-6H3. The van der Waals surface area contributed by atoms with Gasteiger partial charge >= 0.3 is 0 Å². The minimum Gasteiger partial charge on any atom is -0.335 e. The van der Waals surface area contributed by atoms with Crippen molar-refractivity contribution in [1.82, 2.24) is 14.2 Å². The fraction of sp³-hybridized carbons (Fsp3) is 0.455. The lowest BCUT2D eigenvalue weighted by atomic mass is 9.95. The van der Waals surface area contributed by atoms with Gasteiger partial charge in [0.2, 0.25) is 10.0 Å². The van der Waals surface area contributed by atoms with Gasteiger partial charge in [-0.25, -0.2) is 13.4 Å².